The summed E-state index contributed by atoms with van der Waals surface area (Å²) in [6.07, 6.45) is 0. The van der Waals surface area contributed by atoms with Crippen LogP contribution in [0.25, 0.3) is 0 Å². The van der Waals surface area contributed by atoms with Crippen molar-refractivity contribution in [3.8, 4) is 11.5 Å². The largest absolute Gasteiger partial charge is 0.460 e. The van der Waals surface area contributed by atoms with Crippen molar-refractivity contribution >= 4 is 38.4 Å². The molecule has 3 heterocycles. The van der Waals surface area contributed by atoms with Gasteiger partial charge in [-0.2, -0.15) is 0 Å². The van der Waals surface area contributed by atoms with Crippen LogP contribution in [0.1, 0.15) is 5.56 Å². The summed E-state index contributed by atoms with van der Waals surface area (Å²) in [5, 5.41) is 0.612. The Morgan fingerprint density at radius 1 is 1.13 bits per heavy atom. The molecule has 0 amide bonds. The first-order valence-electron chi connectivity index (χ1n) is 9.78. The summed E-state index contributed by atoms with van der Waals surface area (Å²) in [5.74, 6) is 1.02. The van der Waals surface area contributed by atoms with E-state index in [2.05, 4.69) is 4.99 Å². The minimum absolute atomic E-state index is 0.0151. The number of fused-ring (bicyclic) bond motifs is 2. The van der Waals surface area contributed by atoms with Crippen LogP contribution in [-0.2, 0) is 26.0 Å². The van der Waals surface area contributed by atoms with Gasteiger partial charge in [-0.3, -0.25) is 9.79 Å². The normalized spacial score (nSPS) is 22.8. The Hall–Kier alpha value is -2.72. The van der Waals surface area contributed by atoms with E-state index in [0.717, 1.165) is 11.3 Å². The molecule has 3 aliphatic rings. The summed E-state index contributed by atoms with van der Waals surface area (Å²) in [6.45, 7) is 0.365. The van der Waals surface area contributed by atoms with Crippen molar-refractivity contribution in [3.63, 3.8) is 0 Å². The summed E-state index contributed by atoms with van der Waals surface area (Å²) in [5.41, 5.74) is 1.68. The van der Waals surface area contributed by atoms with Crippen LogP contribution in [0.3, 0.4) is 0 Å². The van der Waals surface area contributed by atoms with E-state index in [1.54, 1.807) is 6.07 Å². The number of ether oxygens (including phenoxy) is 3. The van der Waals surface area contributed by atoms with Gasteiger partial charge in [0.25, 0.3) is 0 Å². The van der Waals surface area contributed by atoms with Crippen molar-refractivity contribution in [2.75, 3.05) is 29.0 Å². The number of aliphatic imine (C=N–C) groups is 1. The van der Waals surface area contributed by atoms with Gasteiger partial charge >= 0.3 is 5.97 Å². The van der Waals surface area contributed by atoms with Gasteiger partial charge in [0.15, 0.2) is 26.5 Å². The molecule has 2 atom stereocenters. The number of carbonyl (C=O) groups excluding carboxylic acids is 1. The lowest BCUT2D eigenvalue weighted by atomic mass is 10.1. The van der Waals surface area contributed by atoms with Gasteiger partial charge in [-0.15, -0.1) is 0 Å². The van der Waals surface area contributed by atoms with Crippen molar-refractivity contribution < 1.29 is 27.4 Å². The maximum absolute atomic E-state index is 12.3. The second kappa shape index (κ2) is 8.08. The zero-order valence-electron chi connectivity index (χ0n) is 16.5. The van der Waals surface area contributed by atoms with Crippen LogP contribution < -0.4 is 14.4 Å². The lowest BCUT2D eigenvalue weighted by Crippen LogP contribution is -2.39. The number of nitrogens with zero attached hydrogens (tertiary/aromatic N) is 2. The van der Waals surface area contributed by atoms with Gasteiger partial charge in [-0.25, -0.2) is 8.42 Å². The molecule has 162 valence electrons. The first-order valence-corrected chi connectivity index (χ1v) is 12.6. The first kappa shape index (κ1) is 20.2. The third-order valence-electron chi connectivity index (χ3n) is 5.30. The van der Waals surface area contributed by atoms with Crippen molar-refractivity contribution in [1.29, 1.82) is 0 Å². The molecule has 0 aromatic heterocycles. The number of anilines is 1. The Morgan fingerprint density at radius 3 is 2.77 bits per heavy atom. The zero-order valence-corrected chi connectivity index (χ0v) is 18.1. The molecule has 0 unspecified atom stereocenters. The molecule has 3 aliphatic heterocycles. The fraction of sp³-hybridized carbons (Fsp3) is 0.333. The first-order chi connectivity index (χ1) is 15.0. The minimum atomic E-state index is -3.16. The molecule has 10 heteroatoms. The van der Waals surface area contributed by atoms with Crippen LogP contribution in [-0.4, -0.2) is 55.7 Å². The summed E-state index contributed by atoms with van der Waals surface area (Å²) in [6, 6.07) is 14.3. The molecular formula is C21H20N2O6S2. The molecule has 0 spiro atoms. The van der Waals surface area contributed by atoms with Gasteiger partial charge in [-0.1, -0.05) is 42.1 Å². The van der Waals surface area contributed by atoms with Gasteiger partial charge in [0.05, 0.1) is 29.3 Å². The third-order valence-corrected chi connectivity index (χ3v) is 7.94. The predicted octanol–water partition coefficient (Wildman–Crippen LogP) is 2.23. The molecule has 0 radical (unpaired) electrons. The maximum atomic E-state index is 12.3. The number of thioether (sulfide) groups is 1. The molecule has 2 aromatic carbocycles. The number of amidine groups is 1. The highest BCUT2D eigenvalue weighted by Crippen LogP contribution is 2.40. The molecule has 0 N–H and O–H groups in total. The van der Waals surface area contributed by atoms with Gasteiger partial charge < -0.3 is 19.1 Å². The quantitative estimate of drug-likeness (QED) is 0.627. The molecule has 5 rings (SSSR count). The van der Waals surface area contributed by atoms with Crippen LogP contribution in [0.2, 0.25) is 0 Å². The second-order valence-electron chi connectivity index (χ2n) is 7.47. The SMILES string of the molecule is O=C(CSC1=N[C@@H]2CS(=O)(=O)C[C@H]2N1c1ccc2c(c1)OCO2)OCc1ccccc1. The molecule has 2 aromatic rings. The van der Waals surface area contributed by atoms with Crippen molar-refractivity contribution in [2.45, 2.75) is 18.7 Å². The van der Waals surface area contributed by atoms with Crippen molar-refractivity contribution in [1.82, 2.24) is 0 Å². The lowest BCUT2D eigenvalue weighted by Gasteiger charge is -2.26. The summed E-state index contributed by atoms with van der Waals surface area (Å²) < 4.78 is 40.6. The molecule has 0 aliphatic carbocycles. The number of carbonyl (C=O) groups is 1. The van der Waals surface area contributed by atoms with E-state index in [4.69, 9.17) is 14.2 Å². The number of sulfone groups is 1. The number of rotatable bonds is 5. The average Bonchev–Trinajstić information content (AvgIpc) is 3.42. The predicted molar refractivity (Wildman–Crippen MR) is 117 cm³/mol. The van der Waals surface area contributed by atoms with Gasteiger partial charge in [0.2, 0.25) is 6.79 Å². The Labute approximate surface area is 184 Å². The topological polar surface area (TPSA) is 94.5 Å². The molecule has 31 heavy (non-hydrogen) atoms. The highest BCUT2D eigenvalue weighted by atomic mass is 32.2. The summed E-state index contributed by atoms with van der Waals surface area (Å²) >= 11 is 1.25. The van der Waals surface area contributed by atoms with Crippen LogP contribution in [0.4, 0.5) is 5.69 Å². The van der Waals surface area contributed by atoms with Crippen LogP contribution >= 0.6 is 11.8 Å². The average molecular weight is 461 g/mol. The fourth-order valence-corrected chi connectivity index (χ4v) is 6.64. The number of hydrogen-bond acceptors (Lipinski definition) is 9. The van der Waals surface area contributed by atoms with E-state index in [1.165, 1.54) is 11.8 Å². The second-order valence-corrected chi connectivity index (χ2v) is 10.6. The van der Waals surface area contributed by atoms with Crippen LogP contribution in [0.5, 0.6) is 11.5 Å². The highest BCUT2D eigenvalue weighted by molar-refractivity contribution is 8.14. The third kappa shape index (κ3) is 4.22. The monoisotopic (exact) mass is 460 g/mol. The zero-order chi connectivity index (χ0) is 21.4. The molecule has 1 fully saturated rings. The smallest absolute Gasteiger partial charge is 0.316 e. The van der Waals surface area contributed by atoms with E-state index in [9.17, 15) is 13.2 Å². The summed E-state index contributed by atoms with van der Waals surface area (Å²) in [4.78, 5) is 18.8. The van der Waals surface area contributed by atoms with E-state index in [1.807, 2.05) is 47.4 Å². The number of benzene rings is 2. The highest BCUT2D eigenvalue weighted by Gasteiger charge is 2.47. The molecule has 8 nitrogen and oxygen atoms in total. The molecular weight excluding hydrogens is 440 g/mol. The standard InChI is InChI=1S/C21H20N2O6S2/c24-20(27-9-14-4-2-1-3-5-14)10-30-21-22-16-11-31(25,26)12-17(16)23(21)15-6-7-18-19(8-15)29-13-28-18/h1-8,16-17H,9-13H2/t16-,17-/m1/s1. The van der Waals surface area contributed by atoms with Gasteiger partial charge in [0.1, 0.15) is 6.61 Å². The molecule has 0 bridgehead atoms. The minimum Gasteiger partial charge on any atom is -0.460 e. The summed E-state index contributed by atoms with van der Waals surface area (Å²) in [7, 11) is -3.16. The van der Waals surface area contributed by atoms with Crippen molar-refractivity contribution in [3.05, 3.63) is 54.1 Å². The Bertz CT molecular complexity index is 1140. The lowest BCUT2D eigenvalue weighted by molar-refractivity contribution is -0.141. The Kier molecular flexibility index (Phi) is 5.27. The van der Waals surface area contributed by atoms with Gasteiger partial charge in [-0.05, 0) is 17.7 Å². The van der Waals surface area contributed by atoms with Crippen LogP contribution in [0, 0.1) is 0 Å². The maximum Gasteiger partial charge on any atom is 0.316 e. The van der Waals surface area contributed by atoms with E-state index in [0.29, 0.717) is 16.7 Å². The van der Waals surface area contributed by atoms with E-state index in [-0.39, 0.29) is 48.7 Å². The van der Waals surface area contributed by atoms with E-state index >= 15 is 0 Å². The fourth-order valence-electron chi connectivity index (χ4n) is 3.87. The molecule has 0 saturated carbocycles. The van der Waals surface area contributed by atoms with Crippen molar-refractivity contribution in [2.24, 2.45) is 4.99 Å². The molecule has 1 saturated heterocycles. The van der Waals surface area contributed by atoms with E-state index < -0.39 is 9.84 Å². The Morgan fingerprint density at radius 2 is 1.94 bits per heavy atom. The number of esters is 1. The van der Waals surface area contributed by atoms with Gasteiger partial charge in [0, 0.05) is 11.8 Å². The van der Waals surface area contributed by atoms with Crippen LogP contribution in [0.15, 0.2) is 53.5 Å². The number of hydrogen-bond donors (Lipinski definition) is 0. The Balaban J connectivity index is 1.31.